The normalized spacial score (nSPS) is 12.3. The van der Waals surface area contributed by atoms with Crippen LogP contribution in [-0.2, 0) is 12.8 Å². The van der Waals surface area contributed by atoms with Crippen molar-refractivity contribution in [1.82, 2.24) is 4.98 Å². The van der Waals surface area contributed by atoms with Gasteiger partial charge in [-0.1, -0.05) is 62.4 Å². The van der Waals surface area contributed by atoms with E-state index in [0.29, 0.717) is 5.92 Å². The van der Waals surface area contributed by atoms with E-state index >= 15 is 0 Å². The van der Waals surface area contributed by atoms with Crippen LogP contribution in [-0.4, -0.2) is 9.91 Å². The molecule has 4 nitrogen and oxygen atoms in total. The third-order valence-corrected chi connectivity index (χ3v) is 6.30. The molecular formula is C28H24N2O2. The average Bonchev–Trinajstić information content (AvgIpc) is 2.83. The van der Waals surface area contributed by atoms with E-state index < -0.39 is 0 Å². The summed E-state index contributed by atoms with van der Waals surface area (Å²) in [5.74, 6) is 0.484. The second-order valence-electron chi connectivity index (χ2n) is 8.62. The maximum Gasteiger partial charge on any atom is 0.269 e. The molecule has 0 bridgehead atoms. The summed E-state index contributed by atoms with van der Waals surface area (Å²) in [6, 6.07) is 26.1. The molecule has 1 aliphatic carbocycles. The molecule has 0 saturated carbocycles. The number of fused-ring (bicyclic) bond motifs is 3. The molecule has 32 heavy (non-hydrogen) atoms. The quantitative estimate of drug-likeness (QED) is 0.259. The van der Waals surface area contributed by atoms with Crippen molar-refractivity contribution in [2.75, 3.05) is 0 Å². The minimum Gasteiger partial charge on any atom is -0.258 e. The van der Waals surface area contributed by atoms with Crippen molar-refractivity contribution in [3.05, 3.63) is 106 Å². The molecule has 0 N–H and O–H groups in total. The van der Waals surface area contributed by atoms with Crippen LogP contribution >= 0.6 is 0 Å². The first-order valence-corrected chi connectivity index (χ1v) is 11.0. The number of aromatic nitrogens is 1. The van der Waals surface area contributed by atoms with E-state index in [-0.39, 0.29) is 10.6 Å². The van der Waals surface area contributed by atoms with Gasteiger partial charge in [0.25, 0.3) is 5.69 Å². The van der Waals surface area contributed by atoms with Crippen molar-refractivity contribution < 1.29 is 4.92 Å². The molecule has 5 rings (SSSR count). The minimum atomic E-state index is -0.373. The summed E-state index contributed by atoms with van der Waals surface area (Å²) >= 11 is 0. The van der Waals surface area contributed by atoms with Gasteiger partial charge in [-0.2, -0.15) is 0 Å². The van der Waals surface area contributed by atoms with Gasteiger partial charge in [0.1, 0.15) is 0 Å². The third-order valence-electron chi connectivity index (χ3n) is 6.30. The zero-order valence-electron chi connectivity index (χ0n) is 18.2. The van der Waals surface area contributed by atoms with Gasteiger partial charge in [-0.25, -0.2) is 4.98 Å². The second-order valence-corrected chi connectivity index (χ2v) is 8.62. The smallest absolute Gasteiger partial charge is 0.258 e. The molecule has 1 aliphatic rings. The molecule has 0 saturated heterocycles. The molecule has 1 aromatic heterocycles. The fourth-order valence-corrected chi connectivity index (χ4v) is 4.48. The molecule has 0 fully saturated rings. The van der Waals surface area contributed by atoms with Crippen LogP contribution in [0.25, 0.3) is 33.6 Å². The van der Waals surface area contributed by atoms with Gasteiger partial charge in [0.05, 0.1) is 16.3 Å². The van der Waals surface area contributed by atoms with Crippen LogP contribution in [0.4, 0.5) is 5.69 Å². The van der Waals surface area contributed by atoms with Gasteiger partial charge in [0.15, 0.2) is 0 Å². The van der Waals surface area contributed by atoms with Gasteiger partial charge in [-0.15, -0.1) is 0 Å². The second kappa shape index (κ2) is 8.04. The van der Waals surface area contributed by atoms with Crippen LogP contribution in [0.2, 0.25) is 0 Å². The summed E-state index contributed by atoms with van der Waals surface area (Å²) in [6.45, 7) is 4.40. The Labute approximate surface area is 187 Å². The van der Waals surface area contributed by atoms with Crippen molar-refractivity contribution >= 4 is 5.69 Å². The molecule has 4 aromatic rings. The number of non-ortho nitro benzene ring substituents is 1. The van der Waals surface area contributed by atoms with Crippen molar-refractivity contribution in [2.45, 2.75) is 32.6 Å². The molecule has 1 heterocycles. The molecule has 0 atom stereocenters. The van der Waals surface area contributed by atoms with Gasteiger partial charge in [-0.3, -0.25) is 10.1 Å². The van der Waals surface area contributed by atoms with Gasteiger partial charge in [0, 0.05) is 23.3 Å². The van der Waals surface area contributed by atoms with Gasteiger partial charge >= 0.3 is 0 Å². The lowest BCUT2D eigenvalue weighted by Gasteiger charge is -2.23. The zero-order valence-corrected chi connectivity index (χ0v) is 18.2. The van der Waals surface area contributed by atoms with Crippen LogP contribution < -0.4 is 0 Å². The average molecular weight is 421 g/mol. The number of pyridine rings is 1. The van der Waals surface area contributed by atoms with Crippen LogP contribution in [0.1, 0.15) is 36.5 Å². The minimum absolute atomic E-state index is 0.0848. The maximum absolute atomic E-state index is 11.1. The molecule has 0 amide bonds. The highest BCUT2D eigenvalue weighted by Crippen LogP contribution is 2.40. The van der Waals surface area contributed by atoms with E-state index in [1.165, 1.54) is 33.4 Å². The Kier molecular flexibility index (Phi) is 5.06. The molecule has 0 radical (unpaired) electrons. The van der Waals surface area contributed by atoms with Crippen molar-refractivity contribution in [3.8, 4) is 33.6 Å². The van der Waals surface area contributed by atoms with Crippen molar-refractivity contribution in [2.24, 2.45) is 0 Å². The van der Waals surface area contributed by atoms with E-state index in [1.807, 2.05) is 0 Å². The Morgan fingerprint density at radius 1 is 0.844 bits per heavy atom. The van der Waals surface area contributed by atoms with Gasteiger partial charge in [-0.05, 0) is 64.8 Å². The number of aryl methyl sites for hydroxylation is 1. The highest BCUT2D eigenvalue weighted by atomic mass is 16.6. The number of rotatable bonds is 4. The first kappa shape index (κ1) is 20.1. The summed E-state index contributed by atoms with van der Waals surface area (Å²) < 4.78 is 0. The molecule has 4 heteroatoms. The van der Waals surface area contributed by atoms with Crippen LogP contribution in [0, 0.1) is 10.1 Å². The molecule has 0 aliphatic heterocycles. The summed E-state index contributed by atoms with van der Waals surface area (Å²) in [5.41, 5.74) is 10.3. The first-order chi connectivity index (χ1) is 15.5. The Balaban J connectivity index is 1.71. The van der Waals surface area contributed by atoms with Crippen molar-refractivity contribution in [1.29, 1.82) is 0 Å². The predicted octanol–water partition coefficient (Wildman–Crippen LogP) is 7.21. The number of benzene rings is 3. The fourth-order valence-electron chi connectivity index (χ4n) is 4.48. The first-order valence-electron chi connectivity index (χ1n) is 11.0. The fraction of sp³-hybridized carbons (Fsp3) is 0.179. The lowest BCUT2D eigenvalue weighted by atomic mass is 9.84. The van der Waals surface area contributed by atoms with E-state index in [9.17, 15) is 10.1 Å². The molecule has 0 spiro atoms. The van der Waals surface area contributed by atoms with E-state index in [4.69, 9.17) is 4.98 Å². The summed E-state index contributed by atoms with van der Waals surface area (Å²) in [7, 11) is 0. The van der Waals surface area contributed by atoms with Crippen LogP contribution in [0.15, 0.2) is 78.9 Å². The van der Waals surface area contributed by atoms with Crippen LogP contribution in [0.3, 0.4) is 0 Å². The number of hydrogen-bond donors (Lipinski definition) is 0. The highest BCUT2D eigenvalue weighted by Gasteiger charge is 2.22. The lowest BCUT2D eigenvalue weighted by Crippen LogP contribution is -2.08. The predicted molar refractivity (Wildman–Crippen MR) is 129 cm³/mol. The number of nitrogens with zero attached hydrogens (tertiary/aromatic N) is 2. The summed E-state index contributed by atoms with van der Waals surface area (Å²) in [5, 5.41) is 11.1. The Hall–Kier alpha value is -3.79. The Morgan fingerprint density at radius 2 is 1.53 bits per heavy atom. The van der Waals surface area contributed by atoms with E-state index in [2.05, 4.69) is 68.4 Å². The van der Waals surface area contributed by atoms with Gasteiger partial charge in [0.2, 0.25) is 0 Å². The van der Waals surface area contributed by atoms with E-state index in [0.717, 1.165) is 29.8 Å². The monoisotopic (exact) mass is 420 g/mol. The molecule has 158 valence electrons. The van der Waals surface area contributed by atoms with Crippen LogP contribution in [0.5, 0.6) is 0 Å². The van der Waals surface area contributed by atoms with Crippen molar-refractivity contribution in [3.63, 3.8) is 0 Å². The summed E-state index contributed by atoms with van der Waals surface area (Å²) in [4.78, 5) is 15.8. The maximum atomic E-state index is 11.1. The Bertz CT molecular complexity index is 1310. The topological polar surface area (TPSA) is 56.0 Å². The number of nitro groups is 1. The lowest BCUT2D eigenvalue weighted by molar-refractivity contribution is -0.384. The van der Waals surface area contributed by atoms with E-state index in [1.54, 1.807) is 24.3 Å². The molecule has 3 aromatic carbocycles. The van der Waals surface area contributed by atoms with Gasteiger partial charge < -0.3 is 0 Å². The third kappa shape index (κ3) is 3.58. The largest absolute Gasteiger partial charge is 0.269 e. The summed E-state index contributed by atoms with van der Waals surface area (Å²) in [6.07, 6.45) is 1.94. The Morgan fingerprint density at radius 3 is 2.22 bits per heavy atom. The molecular weight excluding hydrogens is 396 g/mol. The highest BCUT2D eigenvalue weighted by molar-refractivity contribution is 5.83. The number of hydrogen-bond acceptors (Lipinski definition) is 3. The SMILES string of the molecule is CC(C)c1ccc(-c2cc(-c3ccc([N+](=O)[O-])cc3)nc3c2CCc2ccccc2-3)cc1. The molecule has 0 unspecified atom stereocenters. The standard InChI is InChI=1S/C28H24N2O2/c1-18(2)19-7-9-21(10-8-19)26-17-27(22-11-14-23(15-12-22)30(31)32)29-28-24-6-4-3-5-20(24)13-16-25(26)28/h3-12,14-15,17-18H,13,16H2,1-2H3. The number of nitro benzene ring substituents is 1. The zero-order chi connectivity index (χ0) is 22.2.